The van der Waals surface area contributed by atoms with E-state index in [0.717, 1.165) is 5.39 Å². The normalized spacial score (nSPS) is 10.6. The van der Waals surface area contributed by atoms with E-state index in [-0.39, 0.29) is 11.7 Å². The zero-order valence-electron chi connectivity index (χ0n) is 15.4. The number of carbonyl (C=O) groups is 1. The second-order valence-corrected chi connectivity index (χ2v) is 6.13. The summed E-state index contributed by atoms with van der Waals surface area (Å²) in [4.78, 5) is 21.2. The van der Waals surface area contributed by atoms with E-state index >= 15 is 0 Å². The van der Waals surface area contributed by atoms with Crippen molar-refractivity contribution in [1.29, 1.82) is 0 Å². The van der Waals surface area contributed by atoms with Crippen molar-refractivity contribution in [3.63, 3.8) is 0 Å². The van der Waals surface area contributed by atoms with E-state index in [1.807, 2.05) is 6.07 Å². The highest BCUT2D eigenvalue weighted by atomic mass is 19.1. The van der Waals surface area contributed by atoms with Crippen LogP contribution in [0.1, 0.15) is 10.4 Å². The third-order valence-corrected chi connectivity index (χ3v) is 4.16. The fraction of sp³-hybridized carbons (Fsp3) is 0.0455. The average Bonchev–Trinajstić information content (AvgIpc) is 2.75. The molecule has 0 atom stereocenters. The Morgan fingerprint density at radius 2 is 1.55 bits per heavy atom. The fourth-order valence-electron chi connectivity index (χ4n) is 2.66. The Hall–Kier alpha value is -4.00. The molecule has 4 rings (SSSR count). The molecular formula is C22H16FN3O3. The van der Waals surface area contributed by atoms with Gasteiger partial charge >= 0.3 is 0 Å². The second kappa shape index (κ2) is 7.93. The van der Waals surface area contributed by atoms with Gasteiger partial charge in [-0.05, 0) is 66.7 Å². The maximum absolute atomic E-state index is 13.0. The van der Waals surface area contributed by atoms with Gasteiger partial charge in [-0.25, -0.2) is 9.37 Å². The molecule has 2 heterocycles. The Morgan fingerprint density at radius 1 is 0.862 bits per heavy atom. The van der Waals surface area contributed by atoms with Gasteiger partial charge in [-0.3, -0.25) is 4.79 Å². The van der Waals surface area contributed by atoms with E-state index in [9.17, 15) is 9.18 Å². The lowest BCUT2D eigenvalue weighted by molar-refractivity contribution is 0.102. The van der Waals surface area contributed by atoms with Gasteiger partial charge in [0.2, 0.25) is 5.88 Å². The third-order valence-electron chi connectivity index (χ3n) is 4.16. The Morgan fingerprint density at radius 3 is 2.28 bits per heavy atom. The van der Waals surface area contributed by atoms with E-state index < -0.39 is 0 Å². The molecule has 2 aromatic heterocycles. The zero-order chi connectivity index (χ0) is 20.2. The summed E-state index contributed by atoms with van der Waals surface area (Å²) >= 11 is 0. The van der Waals surface area contributed by atoms with Gasteiger partial charge < -0.3 is 14.8 Å². The number of carbonyl (C=O) groups excluding carboxylic acids is 1. The number of hydrogen-bond acceptors (Lipinski definition) is 5. The Bertz CT molecular complexity index is 1160. The highest BCUT2D eigenvalue weighted by molar-refractivity contribution is 6.04. The Labute approximate surface area is 166 Å². The van der Waals surface area contributed by atoms with E-state index in [0.29, 0.717) is 34.4 Å². The van der Waals surface area contributed by atoms with Crippen molar-refractivity contribution in [3.8, 4) is 17.4 Å². The van der Waals surface area contributed by atoms with Gasteiger partial charge in [0.25, 0.3) is 5.91 Å². The maximum atomic E-state index is 13.0. The molecule has 144 valence electrons. The van der Waals surface area contributed by atoms with E-state index in [2.05, 4.69) is 15.3 Å². The molecule has 0 radical (unpaired) electrons. The van der Waals surface area contributed by atoms with Crippen LogP contribution in [0.2, 0.25) is 0 Å². The number of pyridine rings is 2. The summed E-state index contributed by atoms with van der Waals surface area (Å²) in [6.45, 7) is 0. The van der Waals surface area contributed by atoms with Crippen LogP contribution in [-0.4, -0.2) is 23.0 Å². The third kappa shape index (κ3) is 4.30. The van der Waals surface area contributed by atoms with Crippen LogP contribution in [0.4, 0.5) is 10.2 Å². The SMILES string of the molecule is COc1ccc(C(=O)Nc2ccc3ccc(Oc4ccc(F)cc4)nc3n2)cc1. The molecule has 6 nitrogen and oxygen atoms in total. The lowest BCUT2D eigenvalue weighted by Crippen LogP contribution is -2.12. The molecule has 0 saturated heterocycles. The summed E-state index contributed by atoms with van der Waals surface area (Å²) in [6, 6.07) is 19.4. The summed E-state index contributed by atoms with van der Waals surface area (Å²) in [6.07, 6.45) is 0. The van der Waals surface area contributed by atoms with Crippen LogP contribution in [0.5, 0.6) is 17.4 Å². The lowest BCUT2D eigenvalue weighted by Gasteiger charge is -2.08. The predicted octanol–water partition coefficient (Wildman–Crippen LogP) is 4.82. The largest absolute Gasteiger partial charge is 0.497 e. The highest BCUT2D eigenvalue weighted by Crippen LogP contribution is 2.23. The minimum atomic E-state index is -0.345. The first-order valence-electron chi connectivity index (χ1n) is 8.77. The van der Waals surface area contributed by atoms with Crippen molar-refractivity contribution in [2.75, 3.05) is 12.4 Å². The minimum absolute atomic E-state index is 0.293. The first-order chi connectivity index (χ1) is 14.1. The first kappa shape index (κ1) is 18.4. The molecule has 0 fully saturated rings. The van der Waals surface area contributed by atoms with Crippen LogP contribution in [0.25, 0.3) is 11.0 Å². The molecule has 0 bridgehead atoms. The molecule has 2 aromatic carbocycles. The molecule has 0 unspecified atom stereocenters. The minimum Gasteiger partial charge on any atom is -0.497 e. The number of nitrogens with one attached hydrogen (secondary N) is 1. The number of hydrogen-bond donors (Lipinski definition) is 1. The van der Waals surface area contributed by atoms with Crippen LogP contribution < -0.4 is 14.8 Å². The summed E-state index contributed by atoms with van der Waals surface area (Å²) in [7, 11) is 1.56. The quantitative estimate of drug-likeness (QED) is 0.530. The van der Waals surface area contributed by atoms with E-state index in [1.165, 1.54) is 24.3 Å². The molecule has 0 aliphatic heterocycles. The van der Waals surface area contributed by atoms with Gasteiger partial charge in [0.05, 0.1) is 7.11 Å². The maximum Gasteiger partial charge on any atom is 0.256 e. The Kier molecular flexibility index (Phi) is 5.03. The molecule has 0 aliphatic carbocycles. The molecule has 29 heavy (non-hydrogen) atoms. The van der Waals surface area contributed by atoms with Gasteiger partial charge in [0.15, 0.2) is 5.65 Å². The van der Waals surface area contributed by atoms with Crippen molar-refractivity contribution in [3.05, 3.63) is 84.2 Å². The number of ether oxygens (including phenoxy) is 2. The van der Waals surface area contributed by atoms with Crippen molar-refractivity contribution >= 4 is 22.8 Å². The van der Waals surface area contributed by atoms with Crippen molar-refractivity contribution in [2.45, 2.75) is 0 Å². The summed E-state index contributed by atoms with van der Waals surface area (Å²) in [5, 5.41) is 3.54. The molecular weight excluding hydrogens is 373 g/mol. The van der Waals surface area contributed by atoms with Crippen molar-refractivity contribution in [1.82, 2.24) is 9.97 Å². The summed E-state index contributed by atoms with van der Waals surface area (Å²) < 4.78 is 23.7. The van der Waals surface area contributed by atoms with E-state index in [1.54, 1.807) is 49.6 Å². The molecule has 0 aliphatic rings. The number of fused-ring (bicyclic) bond motifs is 1. The van der Waals surface area contributed by atoms with E-state index in [4.69, 9.17) is 9.47 Å². The lowest BCUT2D eigenvalue weighted by atomic mass is 10.2. The van der Waals surface area contributed by atoms with Crippen molar-refractivity contribution in [2.24, 2.45) is 0 Å². The van der Waals surface area contributed by atoms with Gasteiger partial charge in [-0.1, -0.05) is 0 Å². The monoisotopic (exact) mass is 389 g/mol. The smallest absolute Gasteiger partial charge is 0.256 e. The van der Waals surface area contributed by atoms with Gasteiger partial charge in [-0.2, -0.15) is 4.98 Å². The van der Waals surface area contributed by atoms with Crippen LogP contribution in [0.3, 0.4) is 0 Å². The fourth-order valence-corrected chi connectivity index (χ4v) is 2.66. The predicted molar refractivity (Wildman–Crippen MR) is 107 cm³/mol. The number of anilines is 1. The molecule has 1 amide bonds. The standard InChI is InChI=1S/C22H16FN3O3/c1-28-17-8-2-15(3-9-17)22(27)25-19-12-4-14-5-13-20(26-21(14)24-19)29-18-10-6-16(23)7-11-18/h2-13H,1H3,(H,24,25,26,27). The number of rotatable bonds is 5. The average molecular weight is 389 g/mol. The van der Waals surface area contributed by atoms with Crippen LogP contribution >= 0.6 is 0 Å². The molecule has 4 aromatic rings. The Balaban J connectivity index is 1.54. The zero-order valence-corrected chi connectivity index (χ0v) is 15.4. The van der Waals surface area contributed by atoms with Crippen LogP contribution in [0, 0.1) is 5.82 Å². The molecule has 7 heteroatoms. The topological polar surface area (TPSA) is 73.3 Å². The van der Waals surface area contributed by atoms with Gasteiger partial charge in [0.1, 0.15) is 23.1 Å². The molecule has 0 saturated carbocycles. The van der Waals surface area contributed by atoms with Crippen LogP contribution in [-0.2, 0) is 0 Å². The van der Waals surface area contributed by atoms with Crippen LogP contribution in [0.15, 0.2) is 72.8 Å². The van der Waals surface area contributed by atoms with Crippen molar-refractivity contribution < 1.29 is 18.7 Å². The summed E-state index contributed by atoms with van der Waals surface area (Å²) in [5.41, 5.74) is 0.895. The number of amides is 1. The number of aromatic nitrogens is 2. The molecule has 0 spiro atoms. The number of methoxy groups -OCH3 is 1. The first-order valence-corrected chi connectivity index (χ1v) is 8.77. The number of benzene rings is 2. The van der Waals surface area contributed by atoms with Gasteiger partial charge in [0, 0.05) is 17.0 Å². The number of nitrogens with zero attached hydrogens (tertiary/aromatic N) is 2. The second-order valence-electron chi connectivity index (χ2n) is 6.13. The summed E-state index contributed by atoms with van der Waals surface area (Å²) in [5.74, 6) is 1.17. The number of halogens is 1. The molecule has 1 N–H and O–H groups in total. The van der Waals surface area contributed by atoms with Gasteiger partial charge in [-0.15, -0.1) is 0 Å². The highest BCUT2D eigenvalue weighted by Gasteiger charge is 2.09.